The number of nitrogens with one attached hydrogen (secondary N) is 2. The van der Waals surface area contributed by atoms with Crippen molar-refractivity contribution in [1.29, 1.82) is 0 Å². The van der Waals surface area contributed by atoms with Crippen molar-refractivity contribution in [3.05, 3.63) is 0 Å². The van der Waals surface area contributed by atoms with E-state index in [1.54, 1.807) is 19.0 Å². The zero-order valence-electron chi connectivity index (χ0n) is 9.38. The molecule has 5 heteroatoms. The Bertz CT molecular complexity index is 241. The van der Waals surface area contributed by atoms with Gasteiger partial charge in [-0.15, -0.1) is 0 Å². The minimum Gasteiger partial charge on any atom is -0.354 e. The second kappa shape index (κ2) is 5.70. The molecule has 1 saturated heterocycles. The van der Waals surface area contributed by atoms with E-state index in [0.29, 0.717) is 19.4 Å². The molecule has 1 atom stereocenters. The molecule has 1 heterocycles. The summed E-state index contributed by atoms with van der Waals surface area (Å²) in [5.74, 6) is 0.259. The predicted octanol–water partition coefficient (Wildman–Crippen LogP) is -0.667. The molecule has 0 bridgehead atoms. The maximum absolute atomic E-state index is 11.2. The second-order valence-electron chi connectivity index (χ2n) is 4.05. The smallest absolute Gasteiger partial charge is 0.222 e. The quantitative estimate of drug-likeness (QED) is 0.596. The average molecular weight is 213 g/mol. The number of amides is 2. The fourth-order valence-corrected chi connectivity index (χ4v) is 1.52. The Labute approximate surface area is 90.2 Å². The predicted molar refractivity (Wildman–Crippen MR) is 57.3 cm³/mol. The number of carbonyl (C=O) groups excluding carboxylic acids is 2. The van der Waals surface area contributed by atoms with Crippen molar-refractivity contribution in [3.63, 3.8) is 0 Å². The van der Waals surface area contributed by atoms with Crippen LogP contribution in [0.25, 0.3) is 0 Å². The van der Waals surface area contributed by atoms with Crippen LogP contribution in [0.2, 0.25) is 0 Å². The molecule has 0 aromatic heterocycles. The number of hydrogen-bond donors (Lipinski definition) is 2. The van der Waals surface area contributed by atoms with Crippen LogP contribution in [0.4, 0.5) is 0 Å². The summed E-state index contributed by atoms with van der Waals surface area (Å²) in [7, 11) is 3.52. The molecule has 1 aliphatic rings. The van der Waals surface area contributed by atoms with Crippen LogP contribution < -0.4 is 10.6 Å². The lowest BCUT2D eigenvalue weighted by Crippen LogP contribution is -2.32. The van der Waals surface area contributed by atoms with Crippen molar-refractivity contribution in [1.82, 2.24) is 15.5 Å². The minimum atomic E-state index is 0.108. The van der Waals surface area contributed by atoms with Crippen LogP contribution in [0.15, 0.2) is 0 Å². The van der Waals surface area contributed by atoms with Crippen LogP contribution in [0.1, 0.15) is 19.3 Å². The number of nitrogens with zero attached hydrogens (tertiary/aromatic N) is 1. The fraction of sp³-hybridized carbons (Fsp3) is 0.800. The Morgan fingerprint density at radius 1 is 1.60 bits per heavy atom. The number of hydrogen-bond acceptors (Lipinski definition) is 3. The van der Waals surface area contributed by atoms with Crippen LogP contribution in [-0.4, -0.2) is 49.9 Å². The van der Waals surface area contributed by atoms with Gasteiger partial charge >= 0.3 is 0 Å². The summed E-state index contributed by atoms with van der Waals surface area (Å²) in [5, 5.41) is 6.01. The van der Waals surface area contributed by atoms with Gasteiger partial charge in [-0.2, -0.15) is 0 Å². The molecule has 0 aromatic rings. The normalized spacial score (nSPS) is 20.1. The summed E-state index contributed by atoms with van der Waals surface area (Å²) < 4.78 is 0. The zero-order chi connectivity index (χ0) is 11.3. The third kappa shape index (κ3) is 4.29. The molecule has 15 heavy (non-hydrogen) atoms. The van der Waals surface area contributed by atoms with E-state index in [9.17, 15) is 9.59 Å². The monoisotopic (exact) mass is 213 g/mol. The molecule has 1 rings (SSSR count). The van der Waals surface area contributed by atoms with Crippen LogP contribution in [-0.2, 0) is 9.59 Å². The van der Waals surface area contributed by atoms with Gasteiger partial charge in [0.15, 0.2) is 0 Å². The van der Waals surface area contributed by atoms with Gasteiger partial charge in [0.1, 0.15) is 0 Å². The first-order valence-electron chi connectivity index (χ1n) is 5.30. The molecule has 1 aliphatic heterocycles. The van der Waals surface area contributed by atoms with E-state index in [2.05, 4.69) is 10.6 Å². The average Bonchev–Trinajstić information content (AvgIpc) is 2.58. The van der Waals surface area contributed by atoms with Crippen molar-refractivity contribution < 1.29 is 9.59 Å². The first-order chi connectivity index (χ1) is 7.09. The van der Waals surface area contributed by atoms with Gasteiger partial charge in [0, 0.05) is 39.5 Å². The zero-order valence-corrected chi connectivity index (χ0v) is 9.38. The molecule has 2 amide bonds. The summed E-state index contributed by atoms with van der Waals surface area (Å²) in [4.78, 5) is 23.7. The largest absolute Gasteiger partial charge is 0.354 e. The summed E-state index contributed by atoms with van der Waals surface area (Å²) >= 11 is 0. The van der Waals surface area contributed by atoms with Gasteiger partial charge in [-0.05, 0) is 13.0 Å². The Morgan fingerprint density at radius 3 is 2.87 bits per heavy atom. The number of carbonyl (C=O) groups is 2. The third-order valence-electron chi connectivity index (χ3n) is 2.48. The fourth-order valence-electron chi connectivity index (χ4n) is 1.52. The van der Waals surface area contributed by atoms with Crippen LogP contribution >= 0.6 is 0 Å². The van der Waals surface area contributed by atoms with Crippen LogP contribution in [0.5, 0.6) is 0 Å². The highest BCUT2D eigenvalue weighted by molar-refractivity contribution is 5.78. The first kappa shape index (κ1) is 12.0. The lowest BCUT2D eigenvalue weighted by atomic mass is 10.2. The van der Waals surface area contributed by atoms with Crippen molar-refractivity contribution in [2.24, 2.45) is 0 Å². The summed E-state index contributed by atoms with van der Waals surface area (Å²) in [6, 6.07) is 0.243. The van der Waals surface area contributed by atoms with E-state index in [1.807, 2.05) is 0 Å². The lowest BCUT2D eigenvalue weighted by Gasteiger charge is -2.12. The van der Waals surface area contributed by atoms with E-state index < -0.39 is 0 Å². The SMILES string of the molecule is CN(C)C(=O)CCCNC1CNC(=O)C1. The Morgan fingerprint density at radius 2 is 2.33 bits per heavy atom. The van der Waals surface area contributed by atoms with Crippen LogP contribution in [0.3, 0.4) is 0 Å². The molecule has 1 unspecified atom stereocenters. The van der Waals surface area contributed by atoms with Gasteiger partial charge in [-0.3, -0.25) is 9.59 Å². The van der Waals surface area contributed by atoms with Gasteiger partial charge in [-0.1, -0.05) is 0 Å². The second-order valence-corrected chi connectivity index (χ2v) is 4.05. The molecule has 0 saturated carbocycles. The molecule has 1 fully saturated rings. The highest BCUT2D eigenvalue weighted by Crippen LogP contribution is 1.99. The Hall–Kier alpha value is -1.10. The lowest BCUT2D eigenvalue weighted by molar-refractivity contribution is -0.128. The van der Waals surface area contributed by atoms with E-state index in [0.717, 1.165) is 13.0 Å². The molecular formula is C10H19N3O2. The van der Waals surface area contributed by atoms with Gasteiger partial charge in [-0.25, -0.2) is 0 Å². The van der Waals surface area contributed by atoms with Crippen molar-refractivity contribution in [2.45, 2.75) is 25.3 Å². The minimum absolute atomic E-state index is 0.108. The highest BCUT2D eigenvalue weighted by Gasteiger charge is 2.20. The van der Waals surface area contributed by atoms with E-state index in [4.69, 9.17) is 0 Å². The van der Waals surface area contributed by atoms with Gasteiger partial charge in [0.05, 0.1) is 0 Å². The topological polar surface area (TPSA) is 61.4 Å². The van der Waals surface area contributed by atoms with E-state index in [1.165, 1.54) is 0 Å². The maximum atomic E-state index is 11.2. The molecule has 0 aliphatic carbocycles. The molecule has 0 aromatic carbocycles. The van der Waals surface area contributed by atoms with Crippen molar-refractivity contribution >= 4 is 11.8 Å². The molecule has 5 nitrogen and oxygen atoms in total. The maximum Gasteiger partial charge on any atom is 0.222 e. The van der Waals surface area contributed by atoms with E-state index in [-0.39, 0.29) is 17.9 Å². The molecule has 86 valence electrons. The Kier molecular flexibility index (Phi) is 4.55. The van der Waals surface area contributed by atoms with Gasteiger partial charge in [0.2, 0.25) is 11.8 Å². The summed E-state index contributed by atoms with van der Waals surface area (Å²) in [5.41, 5.74) is 0. The standard InChI is InChI=1S/C10H19N3O2/c1-13(2)10(15)4-3-5-11-8-6-9(14)12-7-8/h8,11H,3-7H2,1-2H3,(H,12,14). The molecular weight excluding hydrogens is 194 g/mol. The number of rotatable bonds is 5. The molecule has 0 spiro atoms. The van der Waals surface area contributed by atoms with Crippen molar-refractivity contribution in [2.75, 3.05) is 27.2 Å². The Balaban J connectivity index is 2.02. The highest BCUT2D eigenvalue weighted by atomic mass is 16.2. The summed E-state index contributed by atoms with van der Waals surface area (Å²) in [6.07, 6.45) is 1.94. The van der Waals surface area contributed by atoms with Crippen molar-refractivity contribution in [3.8, 4) is 0 Å². The molecule has 0 radical (unpaired) electrons. The van der Waals surface area contributed by atoms with E-state index >= 15 is 0 Å². The molecule has 2 N–H and O–H groups in total. The third-order valence-corrected chi connectivity index (χ3v) is 2.48. The van der Waals surface area contributed by atoms with Crippen LogP contribution in [0, 0.1) is 0 Å². The van der Waals surface area contributed by atoms with Gasteiger partial charge < -0.3 is 15.5 Å². The summed E-state index contributed by atoms with van der Waals surface area (Å²) in [6.45, 7) is 1.50. The van der Waals surface area contributed by atoms with Gasteiger partial charge in [0.25, 0.3) is 0 Å². The first-order valence-corrected chi connectivity index (χ1v) is 5.30.